The zero-order valence-electron chi connectivity index (χ0n) is 27.6. The van der Waals surface area contributed by atoms with Crippen LogP contribution in [0.1, 0.15) is 111 Å². The highest BCUT2D eigenvalue weighted by Crippen LogP contribution is 2.68. The lowest BCUT2D eigenvalue weighted by Gasteiger charge is -2.62. The molecule has 4 saturated carbocycles. The van der Waals surface area contributed by atoms with Crippen LogP contribution in [-0.4, -0.2) is 69.6 Å². The molecule has 0 bridgehead atoms. The van der Waals surface area contributed by atoms with Crippen LogP contribution in [0.15, 0.2) is 0 Å². The van der Waals surface area contributed by atoms with Gasteiger partial charge in [0.1, 0.15) is 0 Å². The normalized spacial score (nSPS) is 38.4. The monoisotopic (exact) mass is 591 g/mol. The van der Waals surface area contributed by atoms with Crippen LogP contribution in [0.3, 0.4) is 0 Å². The Kier molecular flexibility index (Phi) is 13.0. The van der Waals surface area contributed by atoms with Crippen molar-refractivity contribution in [2.45, 2.75) is 123 Å². The van der Waals surface area contributed by atoms with E-state index in [0.29, 0.717) is 41.5 Å². The fraction of sp³-hybridized carbons (Fsp3) is 0.971. The molecule has 0 amide bonds. The van der Waals surface area contributed by atoms with Gasteiger partial charge in [0.2, 0.25) is 0 Å². The average molecular weight is 591 g/mol. The third-order valence-corrected chi connectivity index (χ3v) is 13.0. The molecule has 0 spiro atoms. The summed E-state index contributed by atoms with van der Waals surface area (Å²) in [4.78, 5) is 11.8. The van der Waals surface area contributed by atoms with E-state index >= 15 is 0 Å². The first kappa shape index (κ1) is 34.1. The Labute approximate surface area is 257 Å². The maximum atomic E-state index is 11.8. The van der Waals surface area contributed by atoms with E-state index in [1.807, 2.05) is 0 Å². The van der Waals surface area contributed by atoms with Crippen LogP contribution in [0, 0.1) is 46.3 Å². The van der Waals surface area contributed by atoms with Gasteiger partial charge in [-0.1, -0.05) is 20.8 Å². The largest absolute Gasteiger partial charge is 0.469 e. The molecule has 4 aliphatic carbocycles. The Hall–Kier alpha value is -0.730. The van der Waals surface area contributed by atoms with Gasteiger partial charge in [-0.3, -0.25) is 4.79 Å². The summed E-state index contributed by atoms with van der Waals surface area (Å²) in [6, 6.07) is 0.657. The molecule has 0 saturated heterocycles. The maximum absolute atomic E-state index is 11.8. The van der Waals surface area contributed by atoms with Gasteiger partial charge in [0.05, 0.1) is 13.2 Å². The molecule has 0 heterocycles. The minimum atomic E-state index is -0.219. The number of hydrogen-bond donors (Lipinski definition) is 5. The molecule has 4 aliphatic rings. The first-order valence-electron chi connectivity index (χ1n) is 17.8. The van der Waals surface area contributed by atoms with E-state index in [1.54, 1.807) is 0 Å². The van der Waals surface area contributed by atoms with E-state index < -0.39 is 0 Å². The number of carbonyl (C=O) groups excluding carboxylic acids is 1. The zero-order valence-corrected chi connectivity index (χ0v) is 27.6. The van der Waals surface area contributed by atoms with Crippen LogP contribution < -0.4 is 21.7 Å². The number of fused-ring (bicyclic) bond motifs is 5. The molecule has 7 heteroatoms. The minimum absolute atomic E-state index is 0.00590. The molecular weight excluding hydrogens is 524 g/mol. The van der Waals surface area contributed by atoms with Gasteiger partial charge < -0.3 is 31.5 Å². The minimum Gasteiger partial charge on any atom is -0.469 e. The second-order valence-corrected chi connectivity index (χ2v) is 15.2. The van der Waals surface area contributed by atoms with Gasteiger partial charge in [-0.15, -0.1) is 0 Å². The van der Waals surface area contributed by atoms with E-state index in [9.17, 15) is 9.90 Å². The molecular formula is C35H66N4O3. The molecule has 7 nitrogen and oxygen atoms in total. The van der Waals surface area contributed by atoms with Crippen LogP contribution in [-0.2, 0) is 9.53 Å². The van der Waals surface area contributed by atoms with E-state index in [1.165, 1.54) is 71.3 Å². The average Bonchev–Trinajstić information content (AvgIpc) is 3.35. The van der Waals surface area contributed by atoms with E-state index in [-0.39, 0.29) is 17.5 Å². The predicted octanol–water partition coefficient (Wildman–Crippen LogP) is 4.86. The Bertz CT molecular complexity index is 828. The molecule has 10 atom stereocenters. The molecule has 0 aliphatic heterocycles. The molecule has 4 rings (SSSR count). The number of ether oxygens (including phenoxy) is 1. The van der Waals surface area contributed by atoms with Gasteiger partial charge in [0.25, 0.3) is 0 Å². The number of rotatable bonds is 17. The van der Waals surface area contributed by atoms with Crippen molar-refractivity contribution in [3.63, 3.8) is 0 Å². The van der Waals surface area contributed by atoms with E-state index in [2.05, 4.69) is 36.7 Å². The lowest BCUT2D eigenvalue weighted by atomic mass is 9.43. The predicted molar refractivity (Wildman–Crippen MR) is 172 cm³/mol. The quantitative estimate of drug-likeness (QED) is 0.122. The third-order valence-electron chi connectivity index (χ3n) is 13.0. The number of nitrogens with one attached hydrogen (secondary N) is 3. The van der Waals surface area contributed by atoms with Gasteiger partial charge >= 0.3 is 5.97 Å². The summed E-state index contributed by atoms with van der Waals surface area (Å²) in [5.41, 5.74) is 5.90. The molecule has 3 unspecified atom stereocenters. The second kappa shape index (κ2) is 16.0. The topological polar surface area (TPSA) is 109 Å². The number of carbonyl (C=O) groups is 1. The first-order valence-corrected chi connectivity index (χ1v) is 17.8. The van der Waals surface area contributed by atoms with E-state index in [0.717, 1.165) is 70.4 Å². The molecule has 0 aromatic heterocycles. The van der Waals surface area contributed by atoms with Gasteiger partial charge in [-0.25, -0.2) is 0 Å². The second-order valence-electron chi connectivity index (χ2n) is 15.2. The standard InChI is InChI=1S/C35H66N4O3/c1-25(9-14-33(41)42-4)29-12-13-30-28-11-10-26-23-27(15-16-34(26,2)31(28)24-32(40)35(29,30)3)39-22-8-21-38-19-6-5-18-37-20-7-17-36/h25-32,37-40H,5-24,36H2,1-4H3/t25-,26-,27+,28?,29-,30?,31?,32-,34+,35-/m1/s1. The van der Waals surface area contributed by atoms with Crippen molar-refractivity contribution < 1.29 is 14.6 Å². The van der Waals surface area contributed by atoms with Crippen molar-refractivity contribution >= 4 is 5.97 Å². The smallest absolute Gasteiger partial charge is 0.305 e. The van der Waals surface area contributed by atoms with Gasteiger partial charge in [0, 0.05) is 12.5 Å². The Morgan fingerprint density at radius 3 is 2.36 bits per heavy atom. The number of aliphatic hydroxyl groups is 1. The fourth-order valence-corrected chi connectivity index (χ4v) is 10.5. The lowest BCUT2D eigenvalue weighted by molar-refractivity contribution is -0.170. The van der Waals surface area contributed by atoms with Crippen LogP contribution in [0.2, 0.25) is 0 Å². The van der Waals surface area contributed by atoms with Crippen LogP contribution in [0.5, 0.6) is 0 Å². The Balaban J connectivity index is 1.20. The summed E-state index contributed by atoms with van der Waals surface area (Å²) in [6.07, 6.45) is 15.9. The SMILES string of the molecule is COC(=O)CC[C@@H](C)[C@H]1CCC2C3CC[C@@H]4C[C@@H](NCCCNCCCCNCCCN)CC[C@]4(C)C3C[C@@H](O)[C@@]21C. The van der Waals surface area contributed by atoms with Crippen LogP contribution in [0.25, 0.3) is 0 Å². The fourth-order valence-electron chi connectivity index (χ4n) is 10.5. The van der Waals surface area contributed by atoms with Gasteiger partial charge in [-0.2, -0.15) is 0 Å². The Morgan fingerprint density at radius 1 is 0.929 bits per heavy atom. The molecule has 0 radical (unpaired) electrons. The summed E-state index contributed by atoms with van der Waals surface area (Å²) >= 11 is 0. The van der Waals surface area contributed by atoms with Crippen molar-refractivity contribution in [3.8, 4) is 0 Å². The van der Waals surface area contributed by atoms with Crippen LogP contribution in [0.4, 0.5) is 0 Å². The summed E-state index contributed by atoms with van der Waals surface area (Å²) in [6.45, 7) is 13.6. The highest BCUT2D eigenvalue weighted by Gasteiger charge is 2.63. The van der Waals surface area contributed by atoms with Crippen molar-refractivity contribution in [2.24, 2.45) is 52.1 Å². The van der Waals surface area contributed by atoms with Crippen molar-refractivity contribution in [3.05, 3.63) is 0 Å². The molecule has 42 heavy (non-hydrogen) atoms. The van der Waals surface area contributed by atoms with Crippen molar-refractivity contribution in [1.82, 2.24) is 16.0 Å². The molecule has 6 N–H and O–H groups in total. The Morgan fingerprint density at radius 2 is 1.64 bits per heavy atom. The van der Waals surface area contributed by atoms with Gasteiger partial charge in [0.15, 0.2) is 0 Å². The molecule has 244 valence electrons. The zero-order chi connectivity index (χ0) is 30.2. The third kappa shape index (κ3) is 7.73. The van der Waals surface area contributed by atoms with Crippen molar-refractivity contribution in [2.75, 3.05) is 46.4 Å². The summed E-state index contributed by atoms with van der Waals surface area (Å²) in [5, 5.41) is 22.8. The molecule has 0 aromatic carbocycles. The first-order chi connectivity index (χ1) is 20.3. The maximum Gasteiger partial charge on any atom is 0.305 e. The summed E-state index contributed by atoms with van der Waals surface area (Å²) in [7, 11) is 1.48. The molecule has 4 fully saturated rings. The number of hydrogen-bond acceptors (Lipinski definition) is 7. The number of unbranched alkanes of at least 4 members (excludes halogenated alkanes) is 1. The van der Waals surface area contributed by atoms with Crippen molar-refractivity contribution in [1.29, 1.82) is 0 Å². The number of esters is 1. The number of methoxy groups -OCH3 is 1. The lowest BCUT2D eigenvalue weighted by Crippen LogP contribution is -2.59. The highest BCUT2D eigenvalue weighted by molar-refractivity contribution is 5.69. The number of nitrogens with two attached hydrogens (primary N) is 1. The van der Waals surface area contributed by atoms with Gasteiger partial charge in [-0.05, 0) is 169 Å². The summed E-state index contributed by atoms with van der Waals surface area (Å²) in [5.74, 6) is 3.69. The highest BCUT2D eigenvalue weighted by atomic mass is 16.5. The molecule has 0 aromatic rings. The van der Waals surface area contributed by atoms with E-state index in [4.69, 9.17) is 10.5 Å². The number of aliphatic hydroxyl groups excluding tert-OH is 1. The summed E-state index contributed by atoms with van der Waals surface area (Å²) < 4.78 is 4.92. The van der Waals surface area contributed by atoms with Crippen LogP contribution >= 0.6 is 0 Å².